The molecule has 1 aliphatic rings. The summed E-state index contributed by atoms with van der Waals surface area (Å²) in [5.41, 5.74) is 3.37. The molecule has 0 saturated carbocycles. The summed E-state index contributed by atoms with van der Waals surface area (Å²) in [5.74, 6) is 1.30. The lowest BCUT2D eigenvalue weighted by Gasteiger charge is -2.30. The van der Waals surface area contributed by atoms with Gasteiger partial charge >= 0.3 is 0 Å². The number of anilines is 1. The van der Waals surface area contributed by atoms with Crippen molar-refractivity contribution in [2.75, 3.05) is 31.7 Å². The van der Waals surface area contributed by atoms with E-state index in [1.54, 1.807) is 12.1 Å². The molecule has 2 aromatic carbocycles. The predicted octanol–water partition coefficient (Wildman–Crippen LogP) is 4.68. The van der Waals surface area contributed by atoms with Crippen molar-refractivity contribution in [1.29, 1.82) is 0 Å². The predicted molar refractivity (Wildman–Crippen MR) is 128 cm³/mol. The number of nitrogens with zero attached hydrogens (tertiary/aromatic N) is 1. The normalized spacial score (nSPS) is 12.8. The number of carbonyl (C=O) groups is 2. The fourth-order valence-corrected chi connectivity index (χ4v) is 3.91. The van der Waals surface area contributed by atoms with Crippen LogP contribution >= 0.6 is 0 Å². The van der Waals surface area contributed by atoms with Crippen LogP contribution in [0.5, 0.6) is 17.2 Å². The van der Waals surface area contributed by atoms with Crippen molar-refractivity contribution in [1.82, 2.24) is 4.90 Å². The lowest BCUT2D eigenvalue weighted by molar-refractivity contribution is -0.135. The van der Waals surface area contributed by atoms with E-state index in [1.165, 1.54) is 5.56 Å². The molecule has 0 aliphatic carbocycles. The number of benzene rings is 2. The van der Waals surface area contributed by atoms with Gasteiger partial charge in [0.25, 0.3) is 5.91 Å². The standard InChI is InChI=1S/C26H34N2O5/c1-6-31-22-14-19(15-23(32-7-2)24(22)33-8-3)25(29)27-21-10-9-18-11-12-28(16-20(18)13-21)26(30)17(4)5/h9-10,13-15,17H,6-8,11-12,16H2,1-5H3,(H,27,29). The zero-order valence-electron chi connectivity index (χ0n) is 20.2. The third-order valence-corrected chi connectivity index (χ3v) is 5.45. The lowest BCUT2D eigenvalue weighted by Crippen LogP contribution is -2.38. The summed E-state index contributed by atoms with van der Waals surface area (Å²) in [6.07, 6.45) is 0.816. The Morgan fingerprint density at radius 2 is 1.58 bits per heavy atom. The first-order valence-corrected chi connectivity index (χ1v) is 11.7. The quantitative estimate of drug-likeness (QED) is 0.596. The third-order valence-electron chi connectivity index (χ3n) is 5.45. The molecule has 2 aromatic rings. The highest BCUT2D eigenvalue weighted by molar-refractivity contribution is 6.05. The molecule has 0 aromatic heterocycles. The molecule has 1 heterocycles. The van der Waals surface area contributed by atoms with E-state index in [2.05, 4.69) is 5.32 Å². The van der Waals surface area contributed by atoms with Crippen LogP contribution < -0.4 is 19.5 Å². The van der Waals surface area contributed by atoms with Crippen LogP contribution in [0.15, 0.2) is 30.3 Å². The molecule has 33 heavy (non-hydrogen) atoms. The highest BCUT2D eigenvalue weighted by Crippen LogP contribution is 2.39. The number of ether oxygens (including phenoxy) is 3. The minimum absolute atomic E-state index is 0.0341. The Bertz CT molecular complexity index is 975. The summed E-state index contributed by atoms with van der Waals surface area (Å²) in [4.78, 5) is 27.4. The van der Waals surface area contributed by atoms with Gasteiger partial charge < -0.3 is 24.4 Å². The maximum Gasteiger partial charge on any atom is 0.255 e. The minimum Gasteiger partial charge on any atom is -0.490 e. The van der Waals surface area contributed by atoms with E-state index in [1.807, 2.05) is 57.7 Å². The van der Waals surface area contributed by atoms with Gasteiger partial charge in [-0.15, -0.1) is 0 Å². The number of hydrogen-bond donors (Lipinski definition) is 1. The molecule has 7 heteroatoms. The maximum absolute atomic E-state index is 13.1. The van der Waals surface area contributed by atoms with Crippen LogP contribution in [-0.4, -0.2) is 43.1 Å². The second-order valence-corrected chi connectivity index (χ2v) is 8.20. The fraction of sp³-hybridized carbons (Fsp3) is 0.462. The van der Waals surface area contributed by atoms with Crippen LogP contribution in [0.3, 0.4) is 0 Å². The van der Waals surface area contributed by atoms with Crippen molar-refractivity contribution in [3.05, 3.63) is 47.0 Å². The van der Waals surface area contributed by atoms with Crippen molar-refractivity contribution in [3.8, 4) is 17.2 Å². The molecule has 1 aliphatic heterocycles. The Morgan fingerprint density at radius 3 is 2.15 bits per heavy atom. The Morgan fingerprint density at radius 1 is 0.939 bits per heavy atom. The van der Waals surface area contributed by atoms with Crippen molar-refractivity contribution >= 4 is 17.5 Å². The minimum atomic E-state index is -0.272. The first-order valence-electron chi connectivity index (χ1n) is 11.7. The van der Waals surface area contributed by atoms with E-state index in [0.717, 1.165) is 18.5 Å². The van der Waals surface area contributed by atoms with E-state index in [9.17, 15) is 9.59 Å². The second-order valence-electron chi connectivity index (χ2n) is 8.20. The number of hydrogen-bond acceptors (Lipinski definition) is 5. The highest BCUT2D eigenvalue weighted by Gasteiger charge is 2.23. The van der Waals surface area contributed by atoms with Gasteiger partial charge in [0, 0.05) is 30.3 Å². The summed E-state index contributed by atoms with van der Waals surface area (Å²) in [6, 6.07) is 9.23. The van der Waals surface area contributed by atoms with Gasteiger partial charge in [0.15, 0.2) is 11.5 Å². The van der Waals surface area contributed by atoms with Gasteiger partial charge in [-0.1, -0.05) is 19.9 Å². The molecular formula is C26H34N2O5. The average molecular weight is 455 g/mol. The molecule has 2 amide bonds. The van der Waals surface area contributed by atoms with Gasteiger partial charge in [-0.2, -0.15) is 0 Å². The van der Waals surface area contributed by atoms with Crippen molar-refractivity contribution in [2.24, 2.45) is 5.92 Å². The van der Waals surface area contributed by atoms with Gasteiger partial charge in [0.2, 0.25) is 11.7 Å². The van der Waals surface area contributed by atoms with Crippen LogP contribution in [0.1, 0.15) is 56.1 Å². The van der Waals surface area contributed by atoms with E-state index >= 15 is 0 Å². The number of nitrogens with one attached hydrogen (secondary N) is 1. The third kappa shape index (κ3) is 5.78. The van der Waals surface area contributed by atoms with Crippen molar-refractivity contribution in [3.63, 3.8) is 0 Å². The maximum atomic E-state index is 13.1. The van der Waals surface area contributed by atoms with E-state index in [0.29, 0.717) is 54.9 Å². The van der Waals surface area contributed by atoms with Gasteiger partial charge in [0.05, 0.1) is 19.8 Å². The molecule has 7 nitrogen and oxygen atoms in total. The van der Waals surface area contributed by atoms with Crippen molar-refractivity contribution < 1.29 is 23.8 Å². The molecule has 3 rings (SSSR count). The Hall–Kier alpha value is -3.22. The number of fused-ring (bicyclic) bond motifs is 1. The van der Waals surface area contributed by atoms with E-state index < -0.39 is 0 Å². The van der Waals surface area contributed by atoms with Crippen molar-refractivity contribution in [2.45, 2.75) is 47.6 Å². The zero-order valence-corrected chi connectivity index (χ0v) is 20.2. The monoisotopic (exact) mass is 454 g/mol. The van der Waals surface area contributed by atoms with Crippen LogP contribution in [0, 0.1) is 5.92 Å². The summed E-state index contributed by atoms with van der Waals surface area (Å²) >= 11 is 0. The molecule has 0 atom stereocenters. The molecule has 0 spiro atoms. The second kappa shape index (κ2) is 11.1. The largest absolute Gasteiger partial charge is 0.490 e. The van der Waals surface area contributed by atoms with Crippen LogP contribution in [-0.2, 0) is 17.8 Å². The number of carbonyl (C=O) groups excluding carboxylic acids is 2. The first kappa shape index (κ1) is 24.4. The Labute approximate surface area is 196 Å². The highest BCUT2D eigenvalue weighted by atomic mass is 16.5. The van der Waals surface area contributed by atoms with Crippen LogP contribution in [0.25, 0.3) is 0 Å². The molecule has 0 bridgehead atoms. The Kier molecular flexibility index (Phi) is 8.20. The molecule has 0 radical (unpaired) electrons. The zero-order chi connectivity index (χ0) is 24.0. The molecular weight excluding hydrogens is 420 g/mol. The summed E-state index contributed by atoms with van der Waals surface area (Å²) in [7, 11) is 0. The molecule has 1 N–H and O–H groups in total. The van der Waals surface area contributed by atoms with Gasteiger partial charge in [0.1, 0.15) is 0 Å². The number of amides is 2. The van der Waals surface area contributed by atoms with E-state index in [4.69, 9.17) is 14.2 Å². The van der Waals surface area contributed by atoms with Crippen LogP contribution in [0.2, 0.25) is 0 Å². The molecule has 0 unspecified atom stereocenters. The van der Waals surface area contributed by atoms with Gasteiger partial charge in [-0.05, 0) is 62.6 Å². The smallest absolute Gasteiger partial charge is 0.255 e. The fourth-order valence-electron chi connectivity index (χ4n) is 3.91. The SMILES string of the molecule is CCOc1cc(C(=O)Nc2ccc3c(c2)CN(C(=O)C(C)C)CC3)cc(OCC)c1OCC. The number of rotatable bonds is 9. The molecule has 0 saturated heterocycles. The summed E-state index contributed by atoms with van der Waals surface area (Å²) in [5, 5.41) is 2.97. The van der Waals surface area contributed by atoms with Gasteiger partial charge in [-0.25, -0.2) is 0 Å². The van der Waals surface area contributed by atoms with E-state index in [-0.39, 0.29) is 17.7 Å². The lowest BCUT2D eigenvalue weighted by atomic mass is 9.98. The molecule has 178 valence electrons. The average Bonchev–Trinajstić information content (AvgIpc) is 2.80. The summed E-state index contributed by atoms with van der Waals surface area (Å²) < 4.78 is 17.2. The molecule has 0 fully saturated rings. The first-order chi connectivity index (χ1) is 15.9. The Balaban J connectivity index is 1.84. The van der Waals surface area contributed by atoms with Gasteiger partial charge in [-0.3, -0.25) is 9.59 Å². The van der Waals surface area contributed by atoms with Crippen LogP contribution in [0.4, 0.5) is 5.69 Å². The topological polar surface area (TPSA) is 77.1 Å². The summed E-state index contributed by atoms with van der Waals surface area (Å²) in [6.45, 7) is 12.1.